The molecule has 124 valence electrons. The van der Waals surface area contributed by atoms with Crippen LogP contribution in [-0.4, -0.2) is 19.6 Å². The molecule has 0 aliphatic rings. The van der Waals surface area contributed by atoms with Crippen molar-refractivity contribution in [2.45, 2.75) is 52.9 Å². The van der Waals surface area contributed by atoms with Crippen molar-refractivity contribution in [1.82, 2.24) is 5.32 Å². The zero-order valence-corrected chi connectivity index (χ0v) is 16.1. The molecule has 0 atom stereocenters. The van der Waals surface area contributed by atoms with E-state index >= 15 is 0 Å². The van der Waals surface area contributed by atoms with Crippen LogP contribution >= 0.6 is 15.9 Å². The molecule has 0 aliphatic heterocycles. The highest BCUT2D eigenvalue weighted by molar-refractivity contribution is 9.10. The highest BCUT2D eigenvalue weighted by Crippen LogP contribution is 2.34. The molecule has 0 unspecified atom stereocenters. The number of amides is 1. The van der Waals surface area contributed by atoms with Gasteiger partial charge < -0.3 is 10.1 Å². The van der Waals surface area contributed by atoms with Gasteiger partial charge in [-0.3, -0.25) is 4.79 Å². The molecule has 4 heteroatoms. The lowest BCUT2D eigenvalue weighted by Gasteiger charge is -2.26. The Morgan fingerprint density at radius 2 is 1.86 bits per heavy atom. The number of hydrogen-bond donors (Lipinski definition) is 1. The van der Waals surface area contributed by atoms with Crippen LogP contribution in [0.25, 0.3) is 0 Å². The van der Waals surface area contributed by atoms with E-state index < -0.39 is 0 Å². The van der Waals surface area contributed by atoms with E-state index in [2.05, 4.69) is 47.2 Å². The summed E-state index contributed by atoms with van der Waals surface area (Å²) in [6, 6.07) is 6.23. The molecule has 0 fully saturated rings. The van der Waals surface area contributed by atoms with Crippen molar-refractivity contribution in [3.05, 3.63) is 28.2 Å². The molecule has 0 bridgehead atoms. The van der Waals surface area contributed by atoms with Gasteiger partial charge in [-0.1, -0.05) is 40.7 Å². The van der Waals surface area contributed by atoms with Crippen LogP contribution in [0.5, 0.6) is 5.75 Å². The van der Waals surface area contributed by atoms with Crippen LogP contribution in [0.4, 0.5) is 0 Å². The quantitative estimate of drug-likeness (QED) is 0.739. The van der Waals surface area contributed by atoms with Crippen molar-refractivity contribution in [2.24, 2.45) is 5.41 Å². The fourth-order valence-electron chi connectivity index (χ4n) is 2.22. The average Bonchev–Trinajstić information content (AvgIpc) is 2.42. The summed E-state index contributed by atoms with van der Waals surface area (Å²) >= 11 is 3.48. The second kappa shape index (κ2) is 7.49. The topological polar surface area (TPSA) is 38.3 Å². The van der Waals surface area contributed by atoms with Gasteiger partial charge in [-0.25, -0.2) is 0 Å². The second-order valence-electron chi connectivity index (χ2n) is 7.34. The number of hydrogen-bond acceptors (Lipinski definition) is 2. The molecule has 1 aromatic rings. The molecule has 0 radical (unpaired) electrons. The van der Waals surface area contributed by atoms with Crippen LogP contribution in [0, 0.1) is 5.41 Å². The normalized spacial score (nSPS) is 12.1. The van der Waals surface area contributed by atoms with Gasteiger partial charge in [0.1, 0.15) is 5.75 Å². The van der Waals surface area contributed by atoms with Crippen LogP contribution in [0.1, 0.15) is 53.0 Å². The van der Waals surface area contributed by atoms with E-state index in [4.69, 9.17) is 4.74 Å². The van der Waals surface area contributed by atoms with Crippen molar-refractivity contribution in [1.29, 1.82) is 0 Å². The number of methoxy groups -OCH3 is 1. The lowest BCUT2D eigenvalue weighted by Crippen LogP contribution is -2.35. The van der Waals surface area contributed by atoms with E-state index in [-0.39, 0.29) is 16.7 Å². The van der Waals surface area contributed by atoms with Gasteiger partial charge in [0.2, 0.25) is 5.91 Å². The van der Waals surface area contributed by atoms with Crippen molar-refractivity contribution >= 4 is 21.8 Å². The average molecular weight is 370 g/mol. The third kappa shape index (κ3) is 5.31. The van der Waals surface area contributed by atoms with E-state index in [1.54, 1.807) is 7.11 Å². The van der Waals surface area contributed by atoms with E-state index in [1.807, 2.05) is 26.8 Å². The second-order valence-corrected chi connectivity index (χ2v) is 8.20. The van der Waals surface area contributed by atoms with Crippen molar-refractivity contribution in [3.8, 4) is 5.75 Å². The highest BCUT2D eigenvalue weighted by Gasteiger charge is 2.23. The molecule has 0 aromatic heterocycles. The number of rotatable bonds is 6. The summed E-state index contributed by atoms with van der Waals surface area (Å²) in [6.45, 7) is 11.0. The molecule has 1 rings (SSSR count). The van der Waals surface area contributed by atoms with Crippen LogP contribution in [0.3, 0.4) is 0 Å². The minimum absolute atomic E-state index is 0.0421. The third-order valence-electron chi connectivity index (χ3n) is 3.88. The largest absolute Gasteiger partial charge is 0.496 e. The summed E-state index contributed by atoms with van der Waals surface area (Å²) in [7, 11) is 1.68. The molecule has 1 aromatic carbocycles. The van der Waals surface area contributed by atoms with Crippen LogP contribution in [-0.2, 0) is 10.2 Å². The number of carbonyl (C=O) groups excluding carboxylic acids is 1. The van der Waals surface area contributed by atoms with Crippen LogP contribution < -0.4 is 10.1 Å². The highest BCUT2D eigenvalue weighted by atomic mass is 79.9. The first-order valence-corrected chi connectivity index (χ1v) is 8.49. The third-order valence-corrected chi connectivity index (χ3v) is 4.53. The molecule has 22 heavy (non-hydrogen) atoms. The maximum Gasteiger partial charge on any atom is 0.225 e. The molecule has 0 heterocycles. The van der Waals surface area contributed by atoms with E-state index in [1.165, 1.54) is 5.56 Å². The Kier molecular flexibility index (Phi) is 6.48. The summed E-state index contributed by atoms with van der Waals surface area (Å²) in [5, 5.41) is 3.01. The lowest BCUT2D eigenvalue weighted by atomic mass is 9.80. The van der Waals surface area contributed by atoms with Gasteiger partial charge in [0.15, 0.2) is 0 Å². The summed E-state index contributed by atoms with van der Waals surface area (Å²) in [6.07, 6.45) is 1.95. The molecule has 1 N–H and O–H groups in total. The SMILES string of the molecule is COc1cc(C(C)(C)CCCNC(=O)C(C)(C)C)ccc1Br. The summed E-state index contributed by atoms with van der Waals surface area (Å²) in [4.78, 5) is 11.8. The number of benzene rings is 1. The monoisotopic (exact) mass is 369 g/mol. The Balaban J connectivity index is 2.59. The first-order valence-electron chi connectivity index (χ1n) is 7.70. The predicted octanol–water partition coefficient (Wildman–Crippen LogP) is 4.68. The molecular formula is C18H28BrNO2. The van der Waals surface area contributed by atoms with Crippen molar-refractivity contribution < 1.29 is 9.53 Å². The lowest BCUT2D eigenvalue weighted by molar-refractivity contribution is -0.128. The Bertz CT molecular complexity index is 518. The zero-order chi connectivity index (χ0) is 17.0. The van der Waals surface area contributed by atoms with Crippen molar-refractivity contribution in [2.75, 3.05) is 13.7 Å². The molecule has 0 aliphatic carbocycles. The Labute approximate surface area is 143 Å². The Hall–Kier alpha value is -1.03. The Morgan fingerprint density at radius 3 is 2.41 bits per heavy atom. The van der Waals surface area contributed by atoms with Gasteiger partial charge in [-0.15, -0.1) is 0 Å². The van der Waals surface area contributed by atoms with Gasteiger partial charge in [-0.05, 0) is 51.9 Å². The number of ether oxygens (including phenoxy) is 1. The molecule has 3 nitrogen and oxygen atoms in total. The van der Waals surface area contributed by atoms with E-state index in [0.29, 0.717) is 6.54 Å². The van der Waals surface area contributed by atoms with Gasteiger partial charge in [-0.2, -0.15) is 0 Å². The smallest absolute Gasteiger partial charge is 0.225 e. The molecular weight excluding hydrogens is 342 g/mol. The van der Waals surface area contributed by atoms with Crippen LogP contribution in [0.2, 0.25) is 0 Å². The van der Waals surface area contributed by atoms with Crippen LogP contribution in [0.15, 0.2) is 22.7 Å². The summed E-state index contributed by atoms with van der Waals surface area (Å²) < 4.78 is 6.34. The summed E-state index contributed by atoms with van der Waals surface area (Å²) in [5.41, 5.74) is 0.962. The Morgan fingerprint density at radius 1 is 1.23 bits per heavy atom. The fourth-order valence-corrected chi connectivity index (χ4v) is 2.63. The van der Waals surface area contributed by atoms with Gasteiger partial charge >= 0.3 is 0 Å². The standard InChI is InChI=1S/C18H28BrNO2/c1-17(2,3)16(21)20-11-7-10-18(4,5)13-8-9-14(19)15(12-13)22-6/h8-9,12H,7,10-11H2,1-6H3,(H,20,21). The van der Waals surface area contributed by atoms with Gasteiger partial charge in [0.05, 0.1) is 11.6 Å². The van der Waals surface area contributed by atoms with E-state index in [9.17, 15) is 4.79 Å². The first kappa shape index (κ1) is 19.0. The minimum atomic E-state index is -0.325. The van der Waals surface area contributed by atoms with Gasteiger partial charge in [0.25, 0.3) is 0 Å². The summed E-state index contributed by atoms with van der Waals surface area (Å²) in [5.74, 6) is 0.960. The van der Waals surface area contributed by atoms with Gasteiger partial charge in [0, 0.05) is 12.0 Å². The molecule has 1 amide bonds. The number of carbonyl (C=O) groups is 1. The minimum Gasteiger partial charge on any atom is -0.496 e. The fraction of sp³-hybridized carbons (Fsp3) is 0.611. The molecule has 0 spiro atoms. The maximum atomic E-state index is 11.8. The van der Waals surface area contributed by atoms with E-state index in [0.717, 1.165) is 23.1 Å². The number of nitrogens with one attached hydrogen (secondary N) is 1. The predicted molar refractivity (Wildman–Crippen MR) is 95.4 cm³/mol. The van der Waals surface area contributed by atoms with Crippen molar-refractivity contribution in [3.63, 3.8) is 0 Å². The zero-order valence-electron chi connectivity index (χ0n) is 14.5. The molecule has 0 saturated heterocycles. The maximum absolute atomic E-state index is 11.8. The molecule has 0 saturated carbocycles. The number of halogens is 1. The first-order chi connectivity index (χ1) is 10.1.